The number of hydrogen-bond acceptors (Lipinski definition) is 5. The van der Waals surface area contributed by atoms with Gasteiger partial charge in [-0.25, -0.2) is 10.2 Å². The summed E-state index contributed by atoms with van der Waals surface area (Å²) in [6, 6.07) is 5.02. The van der Waals surface area contributed by atoms with Gasteiger partial charge in [0.05, 0.1) is 12.8 Å². The number of rotatable bonds is 4. The fourth-order valence-electron chi connectivity index (χ4n) is 1.37. The number of hydrogen-bond donors (Lipinski definition) is 2. The predicted octanol–water partition coefficient (Wildman–Crippen LogP) is 2.65. The zero-order valence-electron chi connectivity index (χ0n) is 12.1. The normalized spacial score (nSPS) is 11.4. The Balaban J connectivity index is 2.67. The average Bonchev–Trinajstić information content (AvgIpc) is 2.32. The van der Waals surface area contributed by atoms with Crippen LogP contribution in [0, 0.1) is 0 Å². The third kappa shape index (κ3) is 5.17. The molecule has 6 heteroatoms. The van der Waals surface area contributed by atoms with Crippen LogP contribution in [0.5, 0.6) is 11.5 Å². The van der Waals surface area contributed by atoms with Crippen molar-refractivity contribution in [2.24, 2.45) is 5.10 Å². The monoisotopic (exact) mass is 280 g/mol. The highest BCUT2D eigenvalue weighted by Crippen LogP contribution is 2.28. The number of aromatic hydroxyl groups is 1. The van der Waals surface area contributed by atoms with E-state index in [2.05, 4.69) is 10.5 Å². The van der Waals surface area contributed by atoms with E-state index in [0.29, 0.717) is 17.9 Å². The van der Waals surface area contributed by atoms with E-state index in [0.717, 1.165) is 0 Å². The minimum atomic E-state index is -0.658. The maximum atomic E-state index is 11.4. The van der Waals surface area contributed by atoms with Gasteiger partial charge in [-0.2, -0.15) is 5.10 Å². The molecule has 110 valence electrons. The zero-order chi connectivity index (χ0) is 15.2. The van der Waals surface area contributed by atoms with Crippen LogP contribution >= 0.6 is 0 Å². The van der Waals surface area contributed by atoms with Crippen LogP contribution in [0.4, 0.5) is 4.79 Å². The maximum Gasteiger partial charge on any atom is 0.428 e. The van der Waals surface area contributed by atoms with E-state index < -0.39 is 11.7 Å². The van der Waals surface area contributed by atoms with Gasteiger partial charge in [0.2, 0.25) is 0 Å². The summed E-state index contributed by atoms with van der Waals surface area (Å²) in [5, 5.41) is 13.6. The molecule has 1 amide bonds. The lowest BCUT2D eigenvalue weighted by Gasteiger charge is -2.18. The predicted molar refractivity (Wildman–Crippen MR) is 76.2 cm³/mol. The molecular formula is C14H20N2O4. The number of nitrogens with one attached hydrogen (secondary N) is 1. The Labute approximate surface area is 118 Å². The molecule has 0 aliphatic carbocycles. The van der Waals surface area contributed by atoms with E-state index >= 15 is 0 Å². The van der Waals surface area contributed by atoms with Crippen LogP contribution in [0.15, 0.2) is 23.3 Å². The molecule has 0 saturated heterocycles. The van der Waals surface area contributed by atoms with Crippen LogP contribution in [0.25, 0.3) is 0 Å². The summed E-state index contributed by atoms with van der Waals surface area (Å²) in [4.78, 5) is 11.4. The molecule has 0 fully saturated rings. The SMILES string of the molecule is CCOc1cccc(/C=N/NC(=O)OC(C)(C)C)c1O. The number of para-hydroxylation sites is 1. The highest BCUT2D eigenvalue weighted by Gasteiger charge is 2.15. The topological polar surface area (TPSA) is 80.2 Å². The molecule has 20 heavy (non-hydrogen) atoms. The lowest BCUT2D eigenvalue weighted by molar-refractivity contribution is 0.0529. The number of carbonyl (C=O) groups is 1. The summed E-state index contributed by atoms with van der Waals surface area (Å²) in [5.74, 6) is 0.345. The average molecular weight is 280 g/mol. The summed E-state index contributed by atoms with van der Waals surface area (Å²) < 4.78 is 10.3. The Hall–Kier alpha value is -2.24. The van der Waals surface area contributed by atoms with Crippen LogP contribution in [0.1, 0.15) is 33.3 Å². The van der Waals surface area contributed by atoms with Gasteiger partial charge in [0.15, 0.2) is 11.5 Å². The molecule has 0 heterocycles. The molecular weight excluding hydrogens is 260 g/mol. The van der Waals surface area contributed by atoms with Crippen molar-refractivity contribution < 1.29 is 19.4 Å². The van der Waals surface area contributed by atoms with E-state index in [1.54, 1.807) is 39.0 Å². The van der Waals surface area contributed by atoms with Gasteiger partial charge in [-0.05, 0) is 39.8 Å². The summed E-state index contributed by atoms with van der Waals surface area (Å²) in [7, 11) is 0. The second-order valence-corrected chi connectivity index (χ2v) is 5.00. The summed E-state index contributed by atoms with van der Waals surface area (Å²) in [5.41, 5.74) is 2.07. The molecule has 0 saturated carbocycles. The van der Waals surface area contributed by atoms with E-state index in [4.69, 9.17) is 9.47 Å². The van der Waals surface area contributed by atoms with Crippen molar-refractivity contribution >= 4 is 12.3 Å². The smallest absolute Gasteiger partial charge is 0.428 e. The molecule has 0 spiro atoms. The fraction of sp³-hybridized carbons (Fsp3) is 0.429. The Kier molecular flexibility index (Phi) is 5.37. The molecule has 0 aliphatic rings. The number of hydrazone groups is 1. The second-order valence-electron chi connectivity index (χ2n) is 5.00. The van der Waals surface area contributed by atoms with Crippen molar-refractivity contribution in [1.82, 2.24) is 5.43 Å². The number of benzene rings is 1. The zero-order valence-corrected chi connectivity index (χ0v) is 12.1. The number of amides is 1. The molecule has 0 atom stereocenters. The van der Waals surface area contributed by atoms with Gasteiger partial charge in [0, 0.05) is 5.56 Å². The fourth-order valence-corrected chi connectivity index (χ4v) is 1.37. The minimum Gasteiger partial charge on any atom is -0.504 e. The van der Waals surface area contributed by atoms with Crippen LogP contribution in [-0.2, 0) is 4.74 Å². The first-order valence-electron chi connectivity index (χ1n) is 6.30. The third-order valence-corrected chi connectivity index (χ3v) is 2.09. The summed E-state index contributed by atoms with van der Waals surface area (Å²) in [6.07, 6.45) is 0.663. The Morgan fingerprint density at radius 3 is 2.75 bits per heavy atom. The molecule has 2 N–H and O–H groups in total. The molecule has 6 nitrogen and oxygen atoms in total. The number of phenols is 1. The van der Waals surface area contributed by atoms with Crippen LogP contribution in [-0.4, -0.2) is 29.6 Å². The van der Waals surface area contributed by atoms with Crippen LogP contribution < -0.4 is 10.2 Å². The van der Waals surface area contributed by atoms with Crippen molar-refractivity contribution in [2.45, 2.75) is 33.3 Å². The molecule has 1 rings (SSSR count). The van der Waals surface area contributed by atoms with Crippen molar-refractivity contribution in [2.75, 3.05) is 6.61 Å². The van der Waals surface area contributed by atoms with Gasteiger partial charge in [0.1, 0.15) is 5.60 Å². The molecule has 0 unspecified atom stereocenters. The van der Waals surface area contributed by atoms with Gasteiger partial charge in [-0.1, -0.05) is 6.07 Å². The van der Waals surface area contributed by atoms with Gasteiger partial charge in [-0.15, -0.1) is 0 Å². The number of carbonyl (C=O) groups excluding carboxylic acids is 1. The third-order valence-electron chi connectivity index (χ3n) is 2.09. The van der Waals surface area contributed by atoms with E-state index in [-0.39, 0.29) is 5.75 Å². The van der Waals surface area contributed by atoms with Crippen molar-refractivity contribution in [3.63, 3.8) is 0 Å². The Morgan fingerprint density at radius 2 is 2.15 bits per heavy atom. The molecule has 0 bridgehead atoms. The Morgan fingerprint density at radius 1 is 1.45 bits per heavy atom. The van der Waals surface area contributed by atoms with Gasteiger partial charge in [-0.3, -0.25) is 0 Å². The lowest BCUT2D eigenvalue weighted by Crippen LogP contribution is -2.29. The highest BCUT2D eigenvalue weighted by molar-refractivity contribution is 5.85. The second kappa shape index (κ2) is 6.79. The lowest BCUT2D eigenvalue weighted by atomic mass is 10.2. The van der Waals surface area contributed by atoms with Gasteiger partial charge < -0.3 is 14.6 Å². The van der Waals surface area contributed by atoms with E-state index in [9.17, 15) is 9.90 Å². The molecule has 1 aromatic carbocycles. The van der Waals surface area contributed by atoms with Crippen molar-refractivity contribution in [3.05, 3.63) is 23.8 Å². The molecule has 0 aliphatic heterocycles. The first kappa shape index (κ1) is 15.8. The molecule has 1 aromatic rings. The first-order valence-corrected chi connectivity index (χ1v) is 6.30. The van der Waals surface area contributed by atoms with Gasteiger partial charge in [0.25, 0.3) is 0 Å². The van der Waals surface area contributed by atoms with Crippen LogP contribution in [0.3, 0.4) is 0 Å². The minimum absolute atomic E-state index is 0.0240. The maximum absolute atomic E-state index is 11.4. The Bertz CT molecular complexity index is 492. The number of nitrogens with zero attached hydrogens (tertiary/aromatic N) is 1. The van der Waals surface area contributed by atoms with E-state index in [1.807, 2.05) is 6.92 Å². The summed E-state index contributed by atoms with van der Waals surface area (Å²) >= 11 is 0. The van der Waals surface area contributed by atoms with Gasteiger partial charge >= 0.3 is 6.09 Å². The highest BCUT2D eigenvalue weighted by atomic mass is 16.6. The molecule has 0 aromatic heterocycles. The van der Waals surface area contributed by atoms with Crippen molar-refractivity contribution in [3.8, 4) is 11.5 Å². The van der Waals surface area contributed by atoms with E-state index in [1.165, 1.54) is 6.21 Å². The van der Waals surface area contributed by atoms with Crippen molar-refractivity contribution in [1.29, 1.82) is 0 Å². The number of phenolic OH excluding ortho intramolecular Hbond substituents is 1. The summed E-state index contributed by atoms with van der Waals surface area (Å²) in [6.45, 7) is 7.55. The largest absolute Gasteiger partial charge is 0.504 e. The number of ether oxygens (including phenoxy) is 2. The quantitative estimate of drug-likeness (QED) is 0.656. The first-order chi connectivity index (χ1) is 9.33. The standard InChI is InChI=1S/C14H20N2O4/c1-5-19-11-8-6-7-10(12(11)17)9-15-16-13(18)20-14(2,3)4/h6-9,17H,5H2,1-4H3,(H,16,18)/b15-9+. The van der Waals surface area contributed by atoms with Crippen LogP contribution in [0.2, 0.25) is 0 Å². The molecule has 0 radical (unpaired) electrons.